The zero-order chi connectivity index (χ0) is 16.1. The fourth-order valence-electron chi connectivity index (χ4n) is 4.02. The van der Waals surface area contributed by atoms with E-state index in [1.807, 2.05) is 30.3 Å². The smallest absolute Gasteiger partial charge is 0.315 e. The van der Waals surface area contributed by atoms with Gasteiger partial charge in [0.05, 0.1) is 12.6 Å². The third-order valence-corrected chi connectivity index (χ3v) is 5.39. The SMILES string of the molecule is O=C(N[C@H](CO)c1ccccc1)N[C@@H]1CCCC12CCOCC2. The summed E-state index contributed by atoms with van der Waals surface area (Å²) in [6, 6.07) is 9.21. The lowest BCUT2D eigenvalue weighted by Gasteiger charge is -2.39. The van der Waals surface area contributed by atoms with Crippen molar-refractivity contribution < 1.29 is 14.6 Å². The Labute approximate surface area is 137 Å². The van der Waals surface area contributed by atoms with Crippen LogP contribution in [-0.4, -0.2) is 37.0 Å². The number of hydrogen-bond acceptors (Lipinski definition) is 3. The van der Waals surface area contributed by atoms with Gasteiger partial charge in [-0.25, -0.2) is 4.79 Å². The molecule has 0 radical (unpaired) electrons. The van der Waals surface area contributed by atoms with E-state index in [2.05, 4.69) is 10.6 Å². The molecule has 1 saturated carbocycles. The minimum atomic E-state index is -0.372. The molecule has 2 aliphatic rings. The highest BCUT2D eigenvalue weighted by Gasteiger charge is 2.44. The molecule has 5 heteroatoms. The largest absolute Gasteiger partial charge is 0.394 e. The summed E-state index contributed by atoms with van der Waals surface area (Å²) in [5.74, 6) is 0. The van der Waals surface area contributed by atoms with Crippen molar-refractivity contribution in [2.45, 2.75) is 44.2 Å². The van der Waals surface area contributed by atoms with Gasteiger partial charge in [0.15, 0.2) is 0 Å². The quantitative estimate of drug-likeness (QED) is 0.798. The summed E-state index contributed by atoms with van der Waals surface area (Å²) >= 11 is 0. The first-order valence-electron chi connectivity index (χ1n) is 8.54. The second kappa shape index (κ2) is 7.32. The normalized spacial score (nSPS) is 24.3. The van der Waals surface area contributed by atoms with Crippen molar-refractivity contribution in [3.8, 4) is 0 Å². The summed E-state index contributed by atoms with van der Waals surface area (Å²) in [4.78, 5) is 12.4. The van der Waals surface area contributed by atoms with Gasteiger partial charge in [0.25, 0.3) is 0 Å². The summed E-state index contributed by atoms with van der Waals surface area (Å²) < 4.78 is 5.49. The molecule has 0 bridgehead atoms. The molecule has 2 fully saturated rings. The zero-order valence-corrected chi connectivity index (χ0v) is 13.5. The van der Waals surface area contributed by atoms with E-state index in [9.17, 15) is 9.90 Å². The highest BCUT2D eigenvalue weighted by atomic mass is 16.5. The van der Waals surface area contributed by atoms with Gasteiger partial charge in [-0.15, -0.1) is 0 Å². The molecule has 1 saturated heterocycles. The van der Waals surface area contributed by atoms with Gasteiger partial charge in [0.1, 0.15) is 0 Å². The predicted molar refractivity (Wildman–Crippen MR) is 88.1 cm³/mol. The van der Waals surface area contributed by atoms with Gasteiger partial charge in [-0.1, -0.05) is 36.8 Å². The topological polar surface area (TPSA) is 70.6 Å². The fourth-order valence-corrected chi connectivity index (χ4v) is 4.02. The van der Waals surface area contributed by atoms with E-state index in [0.717, 1.165) is 44.5 Å². The van der Waals surface area contributed by atoms with Crippen LogP contribution in [0.15, 0.2) is 30.3 Å². The second-order valence-electron chi connectivity index (χ2n) is 6.68. The molecule has 1 spiro atoms. The Balaban J connectivity index is 1.60. The van der Waals surface area contributed by atoms with Gasteiger partial charge >= 0.3 is 6.03 Å². The van der Waals surface area contributed by atoms with Crippen LogP contribution in [0.5, 0.6) is 0 Å². The van der Waals surface area contributed by atoms with E-state index in [1.165, 1.54) is 6.42 Å². The first kappa shape index (κ1) is 16.3. The molecule has 1 heterocycles. The first-order chi connectivity index (χ1) is 11.2. The van der Waals surface area contributed by atoms with Crippen LogP contribution in [0.25, 0.3) is 0 Å². The highest BCUT2D eigenvalue weighted by Crippen LogP contribution is 2.45. The molecule has 2 amide bonds. The van der Waals surface area contributed by atoms with E-state index in [-0.39, 0.29) is 30.1 Å². The number of aliphatic hydroxyl groups is 1. The monoisotopic (exact) mass is 318 g/mol. The van der Waals surface area contributed by atoms with Gasteiger partial charge in [0.2, 0.25) is 0 Å². The molecule has 5 nitrogen and oxygen atoms in total. The van der Waals surface area contributed by atoms with Gasteiger partial charge in [-0.2, -0.15) is 0 Å². The first-order valence-corrected chi connectivity index (χ1v) is 8.54. The number of ether oxygens (including phenoxy) is 1. The molecule has 3 N–H and O–H groups in total. The van der Waals surface area contributed by atoms with Crippen molar-refractivity contribution in [1.82, 2.24) is 10.6 Å². The van der Waals surface area contributed by atoms with Crippen molar-refractivity contribution in [2.75, 3.05) is 19.8 Å². The molecule has 1 aliphatic carbocycles. The average molecular weight is 318 g/mol. The maximum absolute atomic E-state index is 12.4. The highest BCUT2D eigenvalue weighted by molar-refractivity contribution is 5.75. The van der Waals surface area contributed by atoms with E-state index in [1.54, 1.807) is 0 Å². The number of amides is 2. The van der Waals surface area contributed by atoms with Crippen LogP contribution < -0.4 is 10.6 Å². The van der Waals surface area contributed by atoms with Crippen LogP contribution in [-0.2, 0) is 4.74 Å². The molecular formula is C18H26N2O3. The van der Waals surface area contributed by atoms with Crippen LogP contribution in [0.4, 0.5) is 4.79 Å². The summed E-state index contributed by atoms with van der Waals surface area (Å²) in [5, 5.41) is 15.6. The number of benzene rings is 1. The number of carbonyl (C=O) groups excluding carboxylic acids is 1. The van der Waals surface area contributed by atoms with Crippen LogP contribution >= 0.6 is 0 Å². The van der Waals surface area contributed by atoms with Crippen LogP contribution in [0.3, 0.4) is 0 Å². The Bertz CT molecular complexity index is 514. The molecular weight excluding hydrogens is 292 g/mol. The van der Waals surface area contributed by atoms with E-state index in [0.29, 0.717) is 0 Å². The van der Waals surface area contributed by atoms with E-state index >= 15 is 0 Å². The third kappa shape index (κ3) is 3.67. The number of aliphatic hydroxyl groups excluding tert-OH is 1. The Hall–Kier alpha value is -1.59. The standard InChI is InChI=1S/C18H26N2O3/c21-13-15(14-5-2-1-3-6-14)19-17(22)20-16-7-4-8-18(16)9-11-23-12-10-18/h1-3,5-6,15-16,21H,4,7-13H2,(H2,19,20,22)/t15-,16-/m1/s1. The summed E-state index contributed by atoms with van der Waals surface area (Å²) in [5.41, 5.74) is 1.12. The molecule has 0 unspecified atom stereocenters. The number of nitrogens with one attached hydrogen (secondary N) is 2. The molecule has 1 aliphatic heterocycles. The Kier molecular flexibility index (Phi) is 5.18. The van der Waals surface area contributed by atoms with Crippen LogP contribution in [0.1, 0.15) is 43.7 Å². The summed E-state index contributed by atoms with van der Waals surface area (Å²) in [7, 11) is 0. The molecule has 3 rings (SSSR count). The summed E-state index contributed by atoms with van der Waals surface area (Å²) in [6.45, 7) is 1.48. The number of hydrogen-bond donors (Lipinski definition) is 3. The Morgan fingerprint density at radius 3 is 2.70 bits per heavy atom. The maximum atomic E-state index is 12.4. The van der Waals surface area contributed by atoms with Crippen molar-refractivity contribution in [3.05, 3.63) is 35.9 Å². The molecule has 2 atom stereocenters. The molecule has 23 heavy (non-hydrogen) atoms. The molecule has 1 aromatic carbocycles. The number of urea groups is 1. The Morgan fingerprint density at radius 1 is 1.26 bits per heavy atom. The van der Waals surface area contributed by atoms with Gasteiger partial charge < -0.3 is 20.5 Å². The number of carbonyl (C=O) groups is 1. The minimum absolute atomic E-state index is 0.110. The van der Waals surface area contributed by atoms with Gasteiger partial charge in [-0.3, -0.25) is 0 Å². The predicted octanol–water partition coefficient (Wildman–Crippen LogP) is 2.37. The second-order valence-corrected chi connectivity index (χ2v) is 6.68. The zero-order valence-electron chi connectivity index (χ0n) is 13.5. The molecule has 0 aromatic heterocycles. The van der Waals surface area contributed by atoms with Crippen LogP contribution in [0, 0.1) is 5.41 Å². The fraction of sp³-hybridized carbons (Fsp3) is 0.611. The number of rotatable bonds is 4. The molecule has 1 aromatic rings. The maximum Gasteiger partial charge on any atom is 0.315 e. The molecule has 126 valence electrons. The van der Waals surface area contributed by atoms with E-state index in [4.69, 9.17) is 4.74 Å². The lowest BCUT2D eigenvalue weighted by molar-refractivity contribution is 0.00615. The van der Waals surface area contributed by atoms with E-state index < -0.39 is 0 Å². The lowest BCUT2D eigenvalue weighted by Crippen LogP contribution is -2.51. The van der Waals surface area contributed by atoms with Crippen molar-refractivity contribution in [1.29, 1.82) is 0 Å². The van der Waals surface area contributed by atoms with Crippen LogP contribution in [0.2, 0.25) is 0 Å². The summed E-state index contributed by atoms with van der Waals surface area (Å²) in [6.07, 6.45) is 5.42. The van der Waals surface area contributed by atoms with Crippen molar-refractivity contribution >= 4 is 6.03 Å². The van der Waals surface area contributed by atoms with Crippen molar-refractivity contribution in [2.24, 2.45) is 5.41 Å². The third-order valence-electron chi connectivity index (χ3n) is 5.39. The Morgan fingerprint density at radius 2 is 2.00 bits per heavy atom. The van der Waals surface area contributed by atoms with Gasteiger partial charge in [-0.05, 0) is 36.7 Å². The van der Waals surface area contributed by atoms with Gasteiger partial charge in [0, 0.05) is 19.3 Å². The lowest BCUT2D eigenvalue weighted by atomic mass is 9.75. The average Bonchev–Trinajstić information content (AvgIpc) is 2.96. The minimum Gasteiger partial charge on any atom is -0.394 e. The van der Waals surface area contributed by atoms with Crippen molar-refractivity contribution in [3.63, 3.8) is 0 Å².